The average molecular weight is 360 g/mol. The molecule has 0 N–H and O–H groups in total. The predicted octanol–water partition coefficient (Wildman–Crippen LogP) is 5.00. The minimum Gasteiger partial charge on any atom is -0.497 e. The van der Waals surface area contributed by atoms with E-state index in [1.165, 1.54) is 0 Å². The van der Waals surface area contributed by atoms with E-state index in [0.717, 1.165) is 0 Å². The minimum absolute atomic E-state index is 0.231. The molecule has 0 heterocycles. The standard InChI is InChI=1S/C14H9BrCl2O2/c1-19-8-5-6-9(10(15)7-8)14(18)13-11(16)3-2-4-12(13)17/h2-7H,1H3. The minimum atomic E-state index is -0.231. The normalized spacial score (nSPS) is 10.3. The number of rotatable bonds is 3. The van der Waals surface area contributed by atoms with Crippen molar-refractivity contribution >= 4 is 44.9 Å². The molecule has 19 heavy (non-hydrogen) atoms. The van der Waals surface area contributed by atoms with Gasteiger partial charge in [-0.3, -0.25) is 4.79 Å². The van der Waals surface area contributed by atoms with Gasteiger partial charge in [0.1, 0.15) is 5.75 Å². The lowest BCUT2D eigenvalue weighted by Gasteiger charge is -2.09. The van der Waals surface area contributed by atoms with Crippen molar-refractivity contribution in [2.75, 3.05) is 7.11 Å². The fourth-order valence-corrected chi connectivity index (χ4v) is 2.76. The molecule has 0 aliphatic rings. The van der Waals surface area contributed by atoms with Gasteiger partial charge in [-0.1, -0.05) is 29.3 Å². The van der Waals surface area contributed by atoms with Crippen molar-refractivity contribution in [2.24, 2.45) is 0 Å². The van der Waals surface area contributed by atoms with Gasteiger partial charge in [0, 0.05) is 10.0 Å². The Kier molecular flexibility index (Phi) is 4.50. The highest BCUT2D eigenvalue weighted by Crippen LogP contribution is 2.30. The molecular formula is C14H9BrCl2O2. The van der Waals surface area contributed by atoms with Crippen molar-refractivity contribution in [1.82, 2.24) is 0 Å². The quantitative estimate of drug-likeness (QED) is 0.721. The molecule has 0 radical (unpaired) electrons. The van der Waals surface area contributed by atoms with Crippen LogP contribution in [0.4, 0.5) is 0 Å². The molecule has 0 fully saturated rings. The number of halogens is 3. The molecule has 0 spiro atoms. The molecule has 0 aromatic heterocycles. The average Bonchev–Trinajstić information content (AvgIpc) is 2.38. The lowest BCUT2D eigenvalue weighted by molar-refractivity contribution is 0.103. The van der Waals surface area contributed by atoms with Gasteiger partial charge in [0.15, 0.2) is 5.78 Å². The Morgan fingerprint density at radius 1 is 1.16 bits per heavy atom. The van der Waals surface area contributed by atoms with Gasteiger partial charge in [-0.05, 0) is 46.3 Å². The summed E-state index contributed by atoms with van der Waals surface area (Å²) in [4.78, 5) is 12.5. The third-order valence-electron chi connectivity index (χ3n) is 2.61. The van der Waals surface area contributed by atoms with Crippen molar-refractivity contribution in [3.63, 3.8) is 0 Å². The molecule has 2 aromatic carbocycles. The third-order valence-corrected chi connectivity index (χ3v) is 3.90. The van der Waals surface area contributed by atoms with Crippen LogP contribution in [-0.4, -0.2) is 12.9 Å². The van der Waals surface area contributed by atoms with E-state index in [-0.39, 0.29) is 5.78 Å². The van der Waals surface area contributed by atoms with Gasteiger partial charge < -0.3 is 4.74 Å². The van der Waals surface area contributed by atoms with Crippen LogP contribution < -0.4 is 4.74 Å². The maximum atomic E-state index is 12.5. The maximum absolute atomic E-state index is 12.5. The van der Waals surface area contributed by atoms with E-state index >= 15 is 0 Å². The number of carbonyl (C=O) groups is 1. The van der Waals surface area contributed by atoms with E-state index in [1.807, 2.05) is 0 Å². The molecule has 0 amide bonds. The van der Waals surface area contributed by atoms with Crippen LogP contribution in [0.15, 0.2) is 40.9 Å². The molecule has 5 heteroatoms. The van der Waals surface area contributed by atoms with E-state index in [9.17, 15) is 4.79 Å². The zero-order valence-corrected chi connectivity index (χ0v) is 13.0. The molecule has 0 aliphatic carbocycles. The largest absolute Gasteiger partial charge is 0.497 e. The summed E-state index contributed by atoms with van der Waals surface area (Å²) in [7, 11) is 1.56. The lowest BCUT2D eigenvalue weighted by atomic mass is 10.0. The summed E-state index contributed by atoms with van der Waals surface area (Å²) in [5, 5.41) is 0.667. The Hall–Kier alpha value is -1.03. The van der Waals surface area contributed by atoms with E-state index in [2.05, 4.69) is 15.9 Å². The number of methoxy groups -OCH3 is 1. The summed E-state index contributed by atoms with van der Waals surface area (Å²) >= 11 is 15.4. The van der Waals surface area contributed by atoms with Gasteiger partial charge in [0.2, 0.25) is 0 Å². The third kappa shape index (κ3) is 2.94. The fraction of sp³-hybridized carbons (Fsp3) is 0.0714. The van der Waals surface area contributed by atoms with Crippen LogP contribution in [0.1, 0.15) is 15.9 Å². The lowest BCUT2D eigenvalue weighted by Crippen LogP contribution is -2.04. The Morgan fingerprint density at radius 3 is 2.32 bits per heavy atom. The number of benzene rings is 2. The summed E-state index contributed by atoms with van der Waals surface area (Å²) in [6.07, 6.45) is 0. The van der Waals surface area contributed by atoms with Gasteiger partial charge in [-0.2, -0.15) is 0 Å². The molecule has 2 rings (SSSR count). The number of ketones is 1. The molecule has 0 atom stereocenters. The van der Waals surface area contributed by atoms with Crippen LogP contribution >= 0.6 is 39.1 Å². The summed E-state index contributed by atoms with van der Waals surface area (Å²) in [5.41, 5.74) is 0.785. The molecule has 0 aliphatic heterocycles. The Labute approximate surface area is 129 Å². The van der Waals surface area contributed by atoms with E-state index in [4.69, 9.17) is 27.9 Å². The Balaban J connectivity index is 2.51. The second kappa shape index (κ2) is 5.95. The number of hydrogen-bond acceptors (Lipinski definition) is 2. The zero-order chi connectivity index (χ0) is 14.0. The molecule has 2 nitrogen and oxygen atoms in total. The molecule has 2 aromatic rings. The van der Waals surface area contributed by atoms with Crippen molar-refractivity contribution in [3.8, 4) is 5.75 Å². The number of ether oxygens (including phenoxy) is 1. The van der Waals surface area contributed by atoms with E-state index in [1.54, 1.807) is 43.5 Å². The summed E-state index contributed by atoms with van der Waals surface area (Å²) in [6.45, 7) is 0. The van der Waals surface area contributed by atoms with Crippen LogP contribution in [0.3, 0.4) is 0 Å². The number of carbonyl (C=O) groups excluding carboxylic acids is 1. The molecule has 0 unspecified atom stereocenters. The molecule has 0 saturated carbocycles. The maximum Gasteiger partial charge on any atom is 0.197 e. The van der Waals surface area contributed by atoms with Crippen molar-refractivity contribution in [1.29, 1.82) is 0 Å². The zero-order valence-electron chi connectivity index (χ0n) is 9.91. The highest BCUT2D eigenvalue weighted by atomic mass is 79.9. The second-order valence-electron chi connectivity index (χ2n) is 3.77. The van der Waals surface area contributed by atoms with Gasteiger partial charge in [0.05, 0.1) is 22.7 Å². The van der Waals surface area contributed by atoms with Crippen LogP contribution in [0.5, 0.6) is 5.75 Å². The van der Waals surface area contributed by atoms with Crippen LogP contribution in [-0.2, 0) is 0 Å². The molecule has 0 bridgehead atoms. The van der Waals surface area contributed by atoms with Crippen LogP contribution in [0.25, 0.3) is 0 Å². The topological polar surface area (TPSA) is 26.3 Å². The highest BCUT2D eigenvalue weighted by molar-refractivity contribution is 9.10. The van der Waals surface area contributed by atoms with E-state index in [0.29, 0.717) is 31.4 Å². The first-order valence-electron chi connectivity index (χ1n) is 5.37. The van der Waals surface area contributed by atoms with E-state index < -0.39 is 0 Å². The van der Waals surface area contributed by atoms with Gasteiger partial charge >= 0.3 is 0 Å². The first kappa shape index (κ1) is 14.4. The fourth-order valence-electron chi connectivity index (χ4n) is 1.66. The smallest absolute Gasteiger partial charge is 0.197 e. The van der Waals surface area contributed by atoms with Gasteiger partial charge in [0.25, 0.3) is 0 Å². The second-order valence-corrected chi connectivity index (χ2v) is 5.44. The summed E-state index contributed by atoms with van der Waals surface area (Å²) in [5.74, 6) is 0.429. The first-order chi connectivity index (χ1) is 9.04. The Bertz CT molecular complexity index is 621. The summed E-state index contributed by atoms with van der Waals surface area (Å²) < 4.78 is 5.72. The van der Waals surface area contributed by atoms with Gasteiger partial charge in [-0.25, -0.2) is 0 Å². The SMILES string of the molecule is COc1ccc(C(=O)c2c(Cl)cccc2Cl)c(Br)c1. The van der Waals surface area contributed by atoms with Crippen molar-refractivity contribution in [3.05, 3.63) is 62.0 Å². The van der Waals surface area contributed by atoms with Crippen molar-refractivity contribution < 1.29 is 9.53 Å². The molecular weight excluding hydrogens is 351 g/mol. The Morgan fingerprint density at radius 2 is 1.79 bits per heavy atom. The highest BCUT2D eigenvalue weighted by Gasteiger charge is 2.18. The van der Waals surface area contributed by atoms with Gasteiger partial charge in [-0.15, -0.1) is 0 Å². The monoisotopic (exact) mass is 358 g/mol. The van der Waals surface area contributed by atoms with Crippen molar-refractivity contribution in [2.45, 2.75) is 0 Å². The first-order valence-corrected chi connectivity index (χ1v) is 6.91. The predicted molar refractivity (Wildman–Crippen MR) is 80.6 cm³/mol. The number of hydrogen-bond donors (Lipinski definition) is 0. The summed E-state index contributed by atoms with van der Waals surface area (Å²) in [6, 6.07) is 10.1. The van der Waals surface area contributed by atoms with Crippen LogP contribution in [0.2, 0.25) is 10.0 Å². The van der Waals surface area contributed by atoms with Crippen LogP contribution in [0, 0.1) is 0 Å². The molecule has 98 valence electrons. The molecule has 0 saturated heterocycles.